The topological polar surface area (TPSA) is 149 Å². The molecule has 1 aliphatic rings. The zero-order chi connectivity index (χ0) is 51.5. The van der Waals surface area contributed by atoms with Crippen molar-refractivity contribution in [1.82, 2.24) is 5.32 Å². The van der Waals surface area contributed by atoms with E-state index < -0.39 is 49.5 Å². The molecule has 0 aromatic rings. The minimum Gasteiger partial charge on any atom is -0.394 e. The fourth-order valence-electron chi connectivity index (χ4n) is 8.31. The fraction of sp³-hybridized carbons (Fsp3) is 0.694. The van der Waals surface area contributed by atoms with E-state index in [1.807, 2.05) is 6.08 Å². The van der Waals surface area contributed by atoms with E-state index in [1.165, 1.54) is 109 Å². The van der Waals surface area contributed by atoms with Crippen LogP contribution in [0, 0.1) is 0 Å². The lowest BCUT2D eigenvalue weighted by molar-refractivity contribution is -0.302. The highest BCUT2D eigenvalue weighted by Gasteiger charge is 2.44. The summed E-state index contributed by atoms with van der Waals surface area (Å²) < 4.78 is 11.2. The van der Waals surface area contributed by atoms with Crippen molar-refractivity contribution < 1.29 is 39.8 Å². The molecule has 1 rings (SSSR count). The first-order valence-corrected chi connectivity index (χ1v) is 28.6. The molecule has 6 N–H and O–H groups in total. The fourth-order valence-corrected chi connectivity index (χ4v) is 8.31. The van der Waals surface area contributed by atoms with Crippen molar-refractivity contribution in [1.29, 1.82) is 0 Å². The number of hydrogen-bond acceptors (Lipinski definition) is 8. The first kappa shape index (κ1) is 65.9. The number of nitrogens with one attached hydrogen (secondary N) is 1. The predicted molar refractivity (Wildman–Crippen MR) is 299 cm³/mol. The minimum atomic E-state index is -1.59. The number of unbranched alkanes of at least 4 members (excludes halogenated alkanes) is 21. The molecule has 1 aliphatic heterocycles. The van der Waals surface area contributed by atoms with E-state index in [1.54, 1.807) is 6.08 Å². The Hall–Kier alpha value is -3.15. The molecule has 0 saturated carbocycles. The highest BCUT2D eigenvalue weighted by atomic mass is 16.7. The van der Waals surface area contributed by atoms with E-state index in [0.717, 1.165) is 77.0 Å². The van der Waals surface area contributed by atoms with Crippen molar-refractivity contribution in [3.8, 4) is 0 Å². The number of carbonyl (C=O) groups excluding carboxylic acids is 1. The van der Waals surface area contributed by atoms with Crippen molar-refractivity contribution >= 4 is 5.91 Å². The Balaban J connectivity index is 2.32. The summed E-state index contributed by atoms with van der Waals surface area (Å²) in [5, 5.41) is 54.4. The molecule has 7 unspecified atom stereocenters. The number of carbonyl (C=O) groups is 1. The van der Waals surface area contributed by atoms with Crippen LogP contribution in [0.25, 0.3) is 0 Å². The number of rotatable bonds is 47. The van der Waals surface area contributed by atoms with Crippen LogP contribution in [-0.4, -0.2) is 87.5 Å². The van der Waals surface area contributed by atoms with E-state index in [9.17, 15) is 30.3 Å². The Labute approximate surface area is 434 Å². The lowest BCUT2D eigenvalue weighted by Gasteiger charge is -2.40. The number of hydrogen-bond donors (Lipinski definition) is 6. The van der Waals surface area contributed by atoms with E-state index in [4.69, 9.17) is 9.47 Å². The van der Waals surface area contributed by atoms with Crippen molar-refractivity contribution in [3.63, 3.8) is 0 Å². The standard InChI is InChI=1S/C62H105NO8/c1-3-5-7-9-11-13-15-17-19-21-23-25-26-27-28-29-30-32-33-35-37-39-41-43-45-47-49-51-56(65)55(54-70-62-61(69)60(68)59(67)57(53-64)71-62)63-58(66)52-50-48-46-44-42-40-38-36-34-31-24-22-20-18-16-14-12-10-8-6-4-2/h6,8,12,14,18,20,24,31,33,35-36,38,41-44,49,51,55-57,59-62,64-65,67-69H,3-5,7,9-11,13,15-17,19,21-23,25-30,32,34,37,39-40,45-48,50,52-54H2,1-2H3,(H,63,66)/b8-6-,14-12-,20-18-,31-24-,35-33+,38-36-,43-41+,44-42-,51-49+. The number of allylic oxidation sites excluding steroid dienone is 17. The molecule has 0 aliphatic carbocycles. The molecule has 9 nitrogen and oxygen atoms in total. The summed E-state index contributed by atoms with van der Waals surface area (Å²) in [5.74, 6) is -0.236. The second-order valence-corrected chi connectivity index (χ2v) is 19.3. The van der Waals surface area contributed by atoms with E-state index >= 15 is 0 Å². The molecule has 1 fully saturated rings. The SMILES string of the molecule is CC/C=C\C/C=C\C/C=C\C/C=C\C/C=C\C/C=C\CCCCC(=O)NC(COC1OC(CO)C(O)C(O)C1O)C(O)/C=C/CC/C=C/CC/C=C/CCCCCCCCCCCCCCCCCCC. The Bertz CT molecular complexity index is 1480. The molecule has 71 heavy (non-hydrogen) atoms. The van der Waals surface area contributed by atoms with Gasteiger partial charge in [0.25, 0.3) is 0 Å². The monoisotopic (exact) mass is 992 g/mol. The van der Waals surface area contributed by atoms with Crippen LogP contribution in [0.5, 0.6) is 0 Å². The van der Waals surface area contributed by atoms with Gasteiger partial charge in [0, 0.05) is 6.42 Å². The predicted octanol–water partition coefficient (Wildman–Crippen LogP) is 14.2. The average Bonchev–Trinajstić information content (AvgIpc) is 3.37. The van der Waals surface area contributed by atoms with Crippen LogP contribution in [0.15, 0.2) is 109 Å². The zero-order valence-corrected chi connectivity index (χ0v) is 44.9. The van der Waals surface area contributed by atoms with Crippen molar-refractivity contribution in [2.45, 2.75) is 262 Å². The van der Waals surface area contributed by atoms with Gasteiger partial charge >= 0.3 is 0 Å². The molecular formula is C62H105NO8. The maximum Gasteiger partial charge on any atom is 0.220 e. The quantitative estimate of drug-likeness (QED) is 0.0261. The molecule has 9 heteroatoms. The van der Waals surface area contributed by atoms with Crippen LogP contribution in [-0.2, 0) is 14.3 Å². The van der Waals surface area contributed by atoms with Gasteiger partial charge in [-0.05, 0) is 96.3 Å². The third-order valence-electron chi connectivity index (χ3n) is 12.8. The lowest BCUT2D eigenvalue weighted by Crippen LogP contribution is -2.60. The van der Waals surface area contributed by atoms with Crippen molar-refractivity contribution in [2.24, 2.45) is 0 Å². The van der Waals surface area contributed by atoms with Crippen LogP contribution >= 0.6 is 0 Å². The Kier molecular flexibility index (Phi) is 46.7. The zero-order valence-electron chi connectivity index (χ0n) is 44.9. The molecule has 1 saturated heterocycles. The van der Waals surface area contributed by atoms with E-state index in [2.05, 4.69) is 116 Å². The van der Waals surface area contributed by atoms with Gasteiger partial charge in [0.15, 0.2) is 6.29 Å². The first-order chi connectivity index (χ1) is 34.8. The van der Waals surface area contributed by atoms with Gasteiger partial charge < -0.3 is 40.3 Å². The van der Waals surface area contributed by atoms with Gasteiger partial charge in [0.1, 0.15) is 24.4 Å². The van der Waals surface area contributed by atoms with Crippen LogP contribution in [0.2, 0.25) is 0 Å². The van der Waals surface area contributed by atoms with E-state index in [0.29, 0.717) is 12.8 Å². The lowest BCUT2D eigenvalue weighted by atomic mass is 9.99. The number of aliphatic hydroxyl groups is 5. The van der Waals surface area contributed by atoms with Crippen LogP contribution in [0.1, 0.15) is 219 Å². The number of amides is 1. The van der Waals surface area contributed by atoms with Gasteiger partial charge in [0.05, 0.1) is 25.4 Å². The summed E-state index contributed by atoms with van der Waals surface area (Å²) in [6.45, 7) is 3.62. The van der Waals surface area contributed by atoms with Crippen LogP contribution in [0.3, 0.4) is 0 Å². The van der Waals surface area contributed by atoms with Gasteiger partial charge in [-0.1, -0.05) is 226 Å². The van der Waals surface area contributed by atoms with Gasteiger partial charge in [-0.25, -0.2) is 0 Å². The highest BCUT2D eigenvalue weighted by molar-refractivity contribution is 5.76. The third kappa shape index (κ3) is 40.0. The summed E-state index contributed by atoms with van der Waals surface area (Å²) in [4.78, 5) is 13.0. The summed E-state index contributed by atoms with van der Waals surface area (Å²) in [7, 11) is 0. The highest BCUT2D eigenvalue weighted by Crippen LogP contribution is 2.23. The Morgan fingerprint density at radius 2 is 0.887 bits per heavy atom. The van der Waals surface area contributed by atoms with Gasteiger partial charge in [-0.15, -0.1) is 0 Å². The minimum absolute atomic E-state index is 0.231. The van der Waals surface area contributed by atoms with Gasteiger partial charge in [-0.3, -0.25) is 4.79 Å². The molecule has 406 valence electrons. The maximum atomic E-state index is 13.0. The molecular weight excluding hydrogens is 887 g/mol. The molecule has 0 bridgehead atoms. The molecule has 7 atom stereocenters. The third-order valence-corrected chi connectivity index (χ3v) is 12.8. The van der Waals surface area contributed by atoms with Crippen LogP contribution < -0.4 is 5.32 Å². The number of aliphatic hydroxyl groups excluding tert-OH is 5. The molecule has 1 heterocycles. The molecule has 0 radical (unpaired) electrons. The molecule has 0 aromatic heterocycles. The largest absolute Gasteiger partial charge is 0.394 e. The normalized spacial score (nSPS) is 20.1. The van der Waals surface area contributed by atoms with Crippen molar-refractivity contribution in [3.05, 3.63) is 109 Å². The summed E-state index contributed by atoms with van der Waals surface area (Å²) in [6, 6.07) is -0.860. The van der Waals surface area contributed by atoms with Crippen LogP contribution in [0.4, 0.5) is 0 Å². The summed E-state index contributed by atoms with van der Waals surface area (Å²) >= 11 is 0. The smallest absolute Gasteiger partial charge is 0.220 e. The summed E-state index contributed by atoms with van der Waals surface area (Å²) in [5.41, 5.74) is 0. The molecule has 0 aromatic carbocycles. The molecule has 1 amide bonds. The Morgan fingerprint density at radius 1 is 0.493 bits per heavy atom. The van der Waals surface area contributed by atoms with Gasteiger partial charge in [0.2, 0.25) is 5.91 Å². The average molecular weight is 993 g/mol. The number of ether oxygens (including phenoxy) is 2. The first-order valence-electron chi connectivity index (χ1n) is 28.6. The second-order valence-electron chi connectivity index (χ2n) is 19.3. The Morgan fingerprint density at radius 3 is 1.35 bits per heavy atom. The van der Waals surface area contributed by atoms with Gasteiger partial charge in [-0.2, -0.15) is 0 Å². The maximum absolute atomic E-state index is 13.0. The van der Waals surface area contributed by atoms with Crippen molar-refractivity contribution in [2.75, 3.05) is 13.2 Å². The van der Waals surface area contributed by atoms with E-state index in [-0.39, 0.29) is 18.9 Å². The molecule has 0 spiro atoms. The summed E-state index contributed by atoms with van der Waals surface area (Å²) in [6.07, 6.45) is 67.3. The second kappa shape index (κ2) is 50.4.